The van der Waals surface area contributed by atoms with Gasteiger partial charge in [-0.3, -0.25) is 14.4 Å². The molecule has 1 aromatic rings. The van der Waals surface area contributed by atoms with Crippen LogP contribution < -0.4 is 10.6 Å². The molecular formula is C15H20N2O4. The molecule has 0 aliphatic rings. The molecule has 0 aliphatic heterocycles. The van der Waals surface area contributed by atoms with Crippen LogP contribution in [0.1, 0.15) is 23.6 Å². The number of benzene rings is 1. The Hall–Kier alpha value is -2.37. The predicted molar refractivity (Wildman–Crippen MR) is 79.1 cm³/mol. The first-order valence-electron chi connectivity index (χ1n) is 6.60. The van der Waals surface area contributed by atoms with E-state index in [0.717, 1.165) is 16.7 Å². The molecule has 1 aromatic carbocycles. The molecular weight excluding hydrogens is 272 g/mol. The van der Waals surface area contributed by atoms with Gasteiger partial charge in [0.25, 0.3) is 0 Å². The summed E-state index contributed by atoms with van der Waals surface area (Å²) in [6.45, 7) is 6.76. The second kappa shape index (κ2) is 6.88. The Labute approximate surface area is 123 Å². The van der Waals surface area contributed by atoms with Crippen LogP contribution in [0, 0.1) is 26.7 Å². The molecule has 0 aromatic heterocycles. The topological polar surface area (TPSA) is 95.5 Å². The summed E-state index contributed by atoms with van der Waals surface area (Å²) in [6, 6.07) is 3.90. The van der Waals surface area contributed by atoms with E-state index in [-0.39, 0.29) is 6.54 Å². The molecule has 0 radical (unpaired) electrons. The van der Waals surface area contributed by atoms with Crippen molar-refractivity contribution in [1.82, 2.24) is 5.32 Å². The molecule has 0 aliphatic carbocycles. The summed E-state index contributed by atoms with van der Waals surface area (Å²) >= 11 is 0. The number of anilines is 1. The molecule has 0 fully saturated rings. The van der Waals surface area contributed by atoms with Gasteiger partial charge in [-0.2, -0.15) is 0 Å². The Morgan fingerprint density at radius 2 is 1.67 bits per heavy atom. The number of nitrogens with one attached hydrogen (secondary N) is 2. The summed E-state index contributed by atoms with van der Waals surface area (Å²) in [5.74, 6) is -3.48. The largest absolute Gasteiger partial charge is 0.481 e. The van der Waals surface area contributed by atoms with Crippen molar-refractivity contribution < 1.29 is 19.5 Å². The summed E-state index contributed by atoms with van der Waals surface area (Å²) < 4.78 is 0. The molecule has 1 atom stereocenters. The molecule has 3 N–H and O–H groups in total. The summed E-state index contributed by atoms with van der Waals surface area (Å²) in [6.07, 6.45) is 0. The van der Waals surface area contributed by atoms with Crippen LogP contribution >= 0.6 is 0 Å². The summed E-state index contributed by atoms with van der Waals surface area (Å²) in [4.78, 5) is 33.9. The molecule has 0 bridgehead atoms. The number of carboxylic acid groups (broad SMARTS) is 1. The Morgan fingerprint density at radius 3 is 2.14 bits per heavy atom. The van der Waals surface area contributed by atoms with Crippen LogP contribution in [0.25, 0.3) is 0 Å². The SMILES string of the molecule is Cc1cc(C)c(NC(=O)CNC(=O)C(C)C(=O)O)c(C)c1. The number of aliphatic carboxylic acids is 1. The average Bonchev–Trinajstić information content (AvgIpc) is 2.39. The lowest BCUT2D eigenvalue weighted by molar-refractivity contribution is -0.146. The van der Waals surface area contributed by atoms with Gasteiger partial charge in [0.15, 0.2) is 0 Å². The minimum Gasteiger partial charge on any atom is -0.481 e. The van der Waals surface area contributed by atoms with Crippen LogP contribution in [-0.2, 0) is 14.4 Å². The second-order valence-electron chi connectivity index (χ2n) is 5.10. The highest BCUT2D eigenvalue weighted by atomic mass is 16.4. The van der Waals surface area contributed by atoms with Crippen LogP contribution in [0.5, 0.6) is 0 Å². The molecule has 1 unspecified atom stereocenters. The van der Waals surface area contributed by atoms with E-state index in [9.17, 15) is 14.4 Å². The van der Waals surface area contributed by atoms with E-state index in [1.165, 1.54) is 6.92 Å². The maximum atomic E-state index is 11.8. The Morgan fingerprint density at radius 1 is 1.14 bits per heavy atom. The fraction of sp³-hybridized carbons (Fsp3) is 0.400. The van der Waals surface area contributed by atoms with Crippen LogP contribution in [0.3, 0.4) is 0 Å². The minimum atomic E-state index is -1.22. The van der Waals surface area contributed by atoms with E-state index in [2.05, 4.69) is 10.6 Å². The third-order valence-electron chi connectivity index (χ3n) is 3.13. The molecule has 21 heavy (non-hydrogen) atoms. The van der Waals surface area contributed by atoms with Crippen molar-refractivity contribution in [3.05, 3.63) is 28.8 Å². The molecule has 0 saturated carbocycles. The molecule has 0 heterocycles. The van der Waals surface area contributed by atoms with Gasteiger partial charge >= 0.3 is 5.97 Å². The molecule has 1 rings (SSSR count). The predicted octanol–water partition coefficient (Wildman–Crippen LogP) is 1.39. The van der Waals surface area contributed by atoms with E-state index in [1.54, 1.807) is 0 Å². The lowest BCUT2D eigenvalue weighted by Gasteiger charge is -2.13. The summed E-state index contributed by atoms with van der Waals surface area (Å²) in [7, 11) is 0. The number of carbonyl (C=O) groups excluding carboxylic acids is 2. The first-order valence-corrected chi connectivity index (χ1v) is 6.60. The standard InChI is InChI=1S/C15H20N2O4/c1-8-5-9(2)13(10(3)6-8)17-12(18)7-16-14(19)11(4)15(20)21/h5-6,11H,7H2,1-4H3,(H,16,19)(H,17,18)(H,20,21). The molecule has 6 nitrogen and oxygen atoms in total. The van der Waals surface area contributed by atoms with E-state index >= 15 is 0 Å². The lowest BCUT2D eigenvalue weighted by Crippen LogP contribution is -2.38. The van der Waals surface area contributed by atoms with Crippen molar-refractivity contribution >= 4 is 23.5 Å². The van der Waals surface area contributed by atoms with Crippen molar-refractivity contribution in [2.24, 2.45) is 5.92 Å². The number of aryl methyl sites for hydroxylation is 3. The van der Waals surface area contributed by atoms with Crippen LogP contribution in [0.2, 0.25) is 0 Å². The van der Waals surface area contributed by atoms with Crippen molar-refractivity contribution in [3.8, 4) is 0 Å². The molecule has 0 saturated heterocycles. The summed E-state index contributed by atoms with van der Waals surface area (Å²) in [5.41, 5.74) is 3.69. The van der Waals surface area contributed by atoms with Crippen LogP contribution in [0.4, 0.5) is 5.69 Å². The zero-order valence-electron chi connectivity index (χ0n) is 12.6. The number of carbonyl (C=O) groups is 3. The van der Waals surface area contributed by atoms with E-state index in [1.807, 2.05) is 32.9 Å². The highest BCUT2D eigenvalue weighted by Crippen LogP contribution is 2.21. The van der Waals surface area contributed by atoms with Gasteiger partial charge in [0, 0.05) is 5.69 Å². The first kappa shape index (κ1) is 16.7. The van der Waals surface area contributed by atoms with Crippen molar-refractivity contribution in [2.45, 2.75) is 27.7 Å². The van der Waals surface area contributed by atoms with Gasteiger partial charge in [0.05, 0.1) is 6.54 Å². The highest BCUT2D eigenvalue weighted by molar-refractivity contribution is 6.00. The summed E-state index contributed by atoms with van der Waals surface area (Å²) in [5, 5.41) is 13.7. The number of rotatable bonds is 5. The fourth-order valence-corrected chi connectivity index (χ4v) is 1.99. The van der Waals surface area contributed by atoms with Crippen LogP contribution in [-0.4, -0.2) is 29.4 Å². The molecule has 2 amide bonds. The number of hydrogen-bond acceptors (Lipinski definition) is 3. The van der Waals surface area contributed by atoms with Crippen molar-refractivity contribution in [2.75, 3.05) is 11.9 Å². The van der Waals surface area contributed by atoms with Gasteiger partial charge in [0.2, 0.25) is 11.8 Å². The normalized spacial score (nSPS) is 11.6. The smallest absolute Gasteiger partial charge is 0.315 e. The third kappa shape index (κ3) is 4.59. The molecule has 6 heteroatoms. The van der Waals surface area contributed by atoms with Gasteiger partial charge in [-0.25, -0.2) is 0 Å². The third-order valence-corrected chi connectivity index (χ3v) is 3.13. The van der Waals surface area contributed by atoms with Gasteiger partial charge in [-0.15, -0.1) is 0 Å². The number of amides is 2. The molecule has 0 spiro atoms. The lowest BCUT2D eigenvalue weighted by atomic mass is 10.1. The zero-order valence-corrected chi connectivity index (χ0v) is 12.6. The van der Waals surface area contributed by atoms with Gasteiger partial charge in [0.1, 0.15) is 5.92 Å². The first-order chi connectivity index (χ1) is 9.72. The Bertz CT molecular complexity index is 558. The number of hydrogen-bond donors (Lipinski definition) is 3. The Balaban J connectivity index is 2.63. The average molecular weight is 292 g/mol. The van der Waals surface area contributed by atoms with E-state index < -0.39 is 23.7 Å². The van der Waals surface area contributed by atoms with Gasteiger partial charge < -0.3 is 15.7 Å². The van der Waals surface area contributed by atoms with Crippen molar-refractivity contribution in [1.29, 1.82) is 0 Å². The maximum Gasteiger partial charge on any atom is 0.315 e. The van der Waals surface area contributed by atoms with Gasteiger partial charge in [-0.05, 0) is 38.8 Å². The number of carboxylic acids is 1. The van der Waals surface area contributed by atoms with Crippen LogP contribution in [0.15, 0.2) is 12.1 Å². The fourth-order valence-electron chi connectivity index (χ4n) is 1.99. The zero-order chi connectivity index (χ0) is 16.2. The second-order valence-corrected chi connectivity index (χ2v) is 5.10. The van der Waals surface area contributed by atoms with E-state index in [0.29, 0.717) is 5.69 Å². The quantitative estimate of drug-likeness (QED) is 0.715. The van der Waals surface area contributed by atoms with Gasteiger partial charge in [-0.1, -0.05) is 17.7 Å². The minimum absolute atomic E-state index is 0.261. The Kier molecular flexibility index (Phi) is 5.46. The maximum absolute atomic E-state index is 11.8. The van der Waals surface area contributed by atoms with E-state index in [4.69, 9.17) is 5.11 Å². The monoisotopic (exact) mass is 292 g/mol. The van der Waals surface area contributed by atoms with Crippen molar-refractivity contribution in [3.63, 3.8) is 0 Å². The molecule has 114 valence electrons. The highest BCUT2D eigenvalue weighted by Gasteiger charge is 2.20.